The Morgan fingerprint density at radius 2 is 1.97 bits per heavy atom. The molecule has 0 bridgehead atoms. The topological polar surface area (TPSA) is 67.5 Å². The van der Waals surface area contributed by atoms with Gasteiger partial charge in [0.05, 0.1) is 6.61 Å². The van der Waals surface area contributed by atoms with E-state index in [-0.39, 0.29) is 6.09 Å². The van der Waals surface area contributed by atoms with Crippen molar-refractivity contribution in [1.29, 1.82) is 0 Å². The predicted octanol–water partition coefficient (Wildman–Crippen LogP) is 6.04. The standard InChI is InChI=1S/C26H31N3O3/c1-5-14-31-21-8-6-18(7-9-21)20-15-22-23(17-28-24(22)27-16-20)19-10-12-29(13-11-19)25(30)32-26(2,3)4/h6-10,15-17H,5,11-14H2,1-4H3,(H,27,28). The molecule has 0 radical (unpaired) electrons. The van der Waals surface area contributed by atoms with Gasteiger partial charge in [-0.1, -0.05) is 25.1 Å². The zero-order chi connectivity index (χ0) is 22.7. The van der Waals surface area contributed by atoms with Crippen molar-refractivity contribution in [2.45, 2.75) is 46.1 Å². The summed E-state index contributed by atoms with van der Waals surface area (Å²) in [5.41, 5.74) is 4.90. The molecular weight excluding hydrogens is 402 g/mol. The van der Waals surface area contributed by atoms with Gasteiger partial charge in [-0.2, -0.15) is 0 Å². The molecule has 1 aromatic carbocycles. The summed E-state index contributed by atoms with van der Waals surface area (Å²) in [5.74, 6) is 0.883. The monoisotopic (exact) mass is 433 g/mol. The number of nitrogens with one attached hydrogen (secondary N) is 1. The van der Waals surface area contributed by atoms with E-state index in [1.807, 2.05) is 45.3 Å². The number of pyridine rings is 1. The number of aromatic nitrogens is 2. The molecule has 0 saturated carbocycles. The van der Waals surface area contributed by atoms with Crippen LogP contribution in [0.25, 0.3) is 27.7 Å². The molecule has 4 rings (SSSR count). The molecular formula is C26H31N3O3. The highest BCUT2D eigenvalue weighted by atomic mass is 16.6. The smallest absolute Gasteiger partial charge is 0.410 e. The molecule has 2 aromatic heterocycles. The Morgan fingerprint density at radius 1 is 1.19 bits per heavy atom. The maximum atomic E-state index is 12.4. The summed E-state index contributed by atoms with van der Waals surface area (Å²) in [6, 6.07) is 10.3. The maximum absolute atomic E-state index is 12.4. The summed E-state index contributed by atoms with van der Waals surface area (Å²) in [7, 11) is 0. The van der Waals surface area contributed by atoms with E-state index in [2.05, 4.69) is 41.2 Å². The maximum Gasteiger partial charge on any atom is 0.410 e. The summed E-state index contributed by atoms with van der Waals surface area (Å²) in [5, 5.41) is 1.09. The van der Waals surface area contributed by atoms with Gasteiger partial charge in [0, 0.05) is 42.0 Å². The summed E-state index contributed by atoms with van der Waals surface area (Å²) in [6.07, 6.45) is 7.52. The van der Waals surface area contributed by atoms with Crippen molar-refractivity contribution in [2.75, 3.05) is 19.7 Å². The molecule has 0 atom stereocenters. The van der Waals surface area contributed by atoms with E-state index in [0.29, 0.717) is 13.1 Å². The number of hydrogen-bond acceptors (Lipinski definition) is 4. The second kappa shape index (κ2) is 9.07. The minimum absolute atomic E-state index is 0.262. The van der Waals surface area contributed by atoms with Crippen LogP contribution in [0.4, 0.5) is 4.79 Å². The third-order valence-electron chi connectivity index (χ3n) is 5.40. The Bertz CT molecular complexity index is 1120. The van der Waals surface area contributed by atoms with Crippen molar-refractivity contribution < 1.29 is 14.3 Å². The molecule has 0 spiro atoms. The van der Waals surface area contributed by atoms with Gasteiger partial charge in [0.25, 0.3) is 0 Å². The van der Waals surface area contributed by atoms with Crippen LogP contribution in [0.3, 0.4) is 0 Å². The van der Waals surface area contributed by atoms with Gasteiger partial charge in [-0.25, -0.2) is 9.78 Å². The first-order chi connectivity index (χ1) is 15.3. The Kier molecular flexibility index (Phi) is 6.21. The number of carbonyl (C=O) groups is 1. The Morgan fingerprint density at radius 3 is 2.62 bits per heavy atom. The summed E-state index contributed by atoms with van der Waals surface area (Å²) >= 11 is 0. The summed E-state index contributed by atoms with van der Waals surface area (Å²) in [4.78, 5) is 22.0. The molecule has 6 nitrogen and oxygen atoms in total. The quantitative estimate of drug-likeness (QED) is 0.532. The van der Waals surface area contributed by atoms with Gasteiger partial charge in [0.15, 0.2) is 0 Å². The SMILES string of the molecule is CCCOc1ccc(-c2cnc3[nH]cc(C4=CCN(C(=O)OC(C)(C)C)CC4)c3c2)cc1. The minimum Gasteiger partial charge on any atom is -0.494 e. The van der Waals surface area contributed by atoms with Gasteiger partial charge >= 0.3 is 6.09 Å². The van der Waals surface area contributed by atoms with E-state index in [1.165, 1.54) is 5.57 Å². The van der Waals surface area contributed by atoms with Crippen LogP contribution in [0.2, 0.25) is 0 Å². The second-order valence-electron chi connectivity index (χ2n) is 9.10. The van der Waals surface area contributed by atoms with Crippen molar-refractivity contribution >= 4 is 22.7 Å². The lowest BCUT2D eigenvalue weighted by molar-refractivity contribution is 0.0270. The lowest BCUT2D eigenvalue weighted by Crippen LogP contribution is -2.39. The first kappa shape index (κ1) is 21.9. The molecule has 0 fully saturated rings. The van der Waals surface area contributed by atoms with Crippen LogP contribution in [0, 0.1) is 0 Å². The Hall–Kier alpha value is -3.28. The first-order valence-corrected chi connectivity index (χ1v) is 11.2. The number of nitrogens with zero attached hydrogens (tertiary/aromatic N) is 2. The molecule has 3 aromatic rings. The van der Waals surface area contributed by atoms with Crippen molar-refractivity contribution in [3.8, 4) is 16.9 Å². The van der Waals surface area contributed by atoms with Crippen LogP contribution in [0.5, 0.6) is 5.75 Å². The van der Waals surface area contributed by atoms with Crippen LogP contribution in [-0.2, 0) is 4.74 Å². The lowest BCUT2D eigenvalue weighted by Gasteiger charge is -2.29. The number of benzene rings is 1. The Balaban J connectivity index is 1.54. The number of ether oxygens (including phenoxy) is 2. The molecule has 0 unspecified atom stereocenters. The van der Waals surface area contributed by atoms with Crippen molar-refractivity contribution in [1.82, 2.24) is 14.9 Å². The summed E-state index contributed by atoms with van der Waals surface area (Å²) in [6.45, 7) is 9.67. The van der Waals surface area contributed by atoms with Crippen molar-refractivity contribution in [3.63, 3.8) is 0 Å². The number of fused-ring (bicyclic) bond motifs is 1. The van der Waals surface area contributed by atoms with E-state index in [9.17, 15) is 4.79 Å². The summed E-state index contributed by atoms with van der Waals surface area (Å²) < 4.78 is 11.2. The molecule has 168 valence electrons. The minimum atomic E-state index is -0.486. The number of aromatic amines is 1. The van der Waals surface area contributed by atoms with Crippen LogP contribution in [0.1, 0.15) is 46.1 Å². The molecule has 0 aliphatic carbocycles. The van der Waals surface area contributed by atoms with Crippen LogP contribution in [-0.4, -0.2) is 46.3 Å². The average molecular weight is 434 g/mol. The normalized spacial score (nSPS) is 14.4. The van der Waals surface area contributed by atoms with E-state index < -0.39 is 5.60 Å². The highest BCUT2D eigenvalue weighted by Crippen LogP contribution is 2.32. The van der Waals surface area contributed by atoms with E-state index in [4.69, 9.17) is 9.47 Å². The lowest BCUT2D eigenvalue weighted by atomic mass is 9.98. The fourth-order valence-electron chi connectivity index (χ4n) is 3.80. The first-order valence-electron chi connectivity index (χ1n) is 11.2. The molecule has 1 aliphatic rings. The van der Waals surface area contributed by atoms with Crippen molar-refractivity contribution in [2.24, 2.45) is 0 Å². The van der Waals surface area contributed by atoms with Gasteiger partial charge in [0.1, 0.15) is 17.0 Å². The largest absolute Gasteiger partial charge is 0.494 e. The second-order valence-corrected chi connectivity index (χ2v) is 9.10. The van der Waals surface area contributed by atoms with E-state index in [0.717, 1.165) is 52.9 Å². The van der Waals surface area contributed by atoms with Crippen LogP contribution in [0.15, 0.2) is 48.8 Å². The number of H-pyrrole nitrogens is 1. The highest BCUT2D eigenvalue weighted by Gasteiger charge is 2.24. The molecule has 3 heterocycles. The molecule has 1 aliphatic heterocycles. The predicted molar refractivity (Wildman–Crippen MR) is 128 cm³/mol. The molecule has 1 amide bonds. The van der Waals surface area contributed by atoms with Gasteiger partial charge in [-0.05, 0) is 62.9 Å². The van der Waals surface area contributed by atoms with Gasteiger partial charge in [-0.3, -0.25) is 0 Å². The van der Waals surface area contributed by atoms with Crippen LogP contribution >= 0.6 is 0 Å². The third kappa shape index (κ3) is 4.96. The van der Waals surface area contributed by atoms with Gasteiger partial charge < -0.3 is 19.4 Å². The van der Waals surface area contributed by atoms with Crippen molar-refractivity contribution in [3.05, 3.63) is 54.4 Å². The zero-order valence-corrected chi connectivity index (χ0v) is 19.3. The number of carbonyl (C=O) groups excluding carboxylic acids is 1. The van der Waals surface area contributed by atoms with E-state index in [1.54, 1.807) is 4.90 Å². The number of amides is 1. The molecule has 6 heteroatoms. The highest BCUT2D eigenvalue weighted by molar-refractivity contribution is 5.93. The molecule has 1 N–H and O–H groups in total. The number of rotatable bonds is 5. The molecule has 0 saturated heterocycles. The number of hydrogen-bond donors (Lipinski definition) is 1. The fraction of sp³-hybridized carbons (Fsp3) is 0.385. The third-order valence-corrected chi connectivity index (χ3v) is 5.40. The van der Waals surface area contributed by atoms with E-state index >= 15 is 0 Å². The van der Waals surface area contributed by atoms with Gasteiger partial charge in [0.2, 0.25) is 0 Å². The van der Waals surface area contributed by atoms with Crippen LogP contribution < -0.4 is 4.74 Å². The Labute approximate surface area is 189 Å². The molecule has 32 heavy (non-hydrogen) atoms. The zero-order valence-electron chi connectivity index (χ0n) is 19.3. The fourth-order valence-corrected chi connectivity index (χ4v) is 3.80. The van der Waals surface area contributed by atoms with Gasteiger partial charge in [-0.15, -0.1) is 0 Å². The average Bonchev–Trinajstić information content (AvgIpc) is 3.20.